The third-order valence-corrected chi connectivity index (χ3v) is 2.90. The number of benzene rings is 1. The van der Waals surface area contributed by atoms with Crippen LogP contribution in [-0.4, -0.2) is 9.36 Å². The van der Waals surface area contributed by atoms with Gasteiger partial charge in [0.05, 0.1) is 5.56 Å². The van der Waals surface area contributed by atoms with Gasteiger partial charge in [-0.05, 0) is 39.6 Å². The van der Waals surface area contributed by atoms with E-state index in [1.54, 1.807) is 0 Å². The lowest BCUT2D eigenvalue weighted by Gasteiger charge is -1.98. The molecule has 0 atom stereocenters. The summed E-state index contributed by atoms with van der Waals surface area (Å²) in [5, 5.41) is 0.229. The van der Waals surface area contributed by atoms with Gasteiger partial charge < -0.3 is 0 Å². The van der Waals surface area contributed by atoms with Gasteiger partial charge in [0.15, 0.2) is 5.01 Å². The molecule has 0 aliphatic heterocycles. The van der Waals surface area contributed by atoms with Gasteiger partial charge in [-0.2, -0.15) is 4.37 Å². The van der Waals surface area contributed by atoms with Gasteiger partial charge in [0, 0.05) is 0 Å². The Morgan fingerprint density at radius 2 is 1.86 bits per heavy atom. The smallest absolute Gasteiger partial charge is 0.208 e. The minimum atomic E-state index is -0.631. The summed E-state index contributed by atoms with van der Waals surface area (Å²) >= 11 is 3.96. The Morgan fingerprint density at radius 3 is 2.36 bits per heavy atom. The molecule has 0 aliphatic carbocycles. The minimum absolute atomic E-state index is 0.129. The second-order valence-electron chi connectivity index (χ2n) is 2.47. The first-order chi connectivity index (χ1) is 6.68. The lowest BCUT2D eigenvalue weighted by Crippen LogP contribution is -1.88. The second-order valence-corrected chi connectivity index (χ2v) is 3.93. The standard InChI is InChI=1S/C8H3BrF2N2S/c9-8-12-7(14-13-8)6-4(10)2-1-3-5(6)11/h1-3H. The number of aromatic nitrogens is 2. The van der Waals surface area contributed by atoms with E-state index in [1.807, 2.05) is 0 Å². The average Bonchev–Trinajstić information content (AvgIpc) is 2.51. The molecule has 2 nitrogen and oxygen atoms in total. The predicted molar refractivity (Wildman–Crippen MR) is 53.0 cm³/mol. The van der Waals surface area contributed by atoms with Crippen molar-refractivity contribution in [1.82, 2.24) is 9.36 Å². The molecule has 1 heterocycles. The van der Waals surface area contributed by atoms with E-state index in [9.17, 15) is 8.78 Å². The molecule has 0 N–H and O–H groups in total. The number of rotatable bonds is 1. The second kappa shape index (κ2) is 3.70. The summed E-state index contributed by atoms with van der Waals surface area (Å²) in [4.78, 5) is 3.85. The van der Waals surface area contributed by atoms with Crippen LogP contribution in [0.15, 0.2) is 22.9 Å². The fourth-order valence-corrected chi connectivity index (χ4v) is 2.14. The summed E-state index contributed by atoms with van der Waals surface area (Å²) in [6, 6.07) is 3.69. The largest absolute Gasteiger partial charge is 0.209 e. The highest BCUT2D eigenvalue weighted by Crippen LogP contribution is 2.28. The molecule has 6 heteroatoms. The van der Waals surface area contributed by atoms with Crippen LogP contribution in [0.3, 0.4) is 0 Å². The molecule has 0 saturated carbocycles. The molecule has 2 aromatic rings. The third-order valence-electron chi connectivity index (χ3n) is 1.58. The first-order valence-electron chi connectivity index (χ1n) is 3.62. The summed E-state index contributed by atoms with van der Waals surface area (Å²) in [5.41, 5.74) is -0.129. The Hall–Kier alpha value is -0.880. The highest BCUT2D eigenvalue weighted by atomic mass is 79.9. The van der Waals surface area contributed by atoms with Gasteiger partial charge in [-0.1, -0.05) is 6.07 Å². The Morgan fingerprint density at radius 1 is 1.21 bits per heavy atom. The van der Waals surface area contributed by atoms with Crippen molar-refractivity contribution in [3.8, 4) is 10.6 Å². The molecule has 0 amide bonds. The molecule has 0 bridgehead atoms. The molecular formula is C8H3BrF2N2S. The number of hydrogen-bond acceptors (Lipinski definition) is 3. The van der Waals surface area contributed by atoms with E-state index < -0.39 is 11.6 Å². The SMILES string of the molecule is Fc1cccc(F)c1-c1nc(Br)ns1. The molecule has 0 saturated heterocycles. The van der Waals surface area contributed by atoms with Crippen LogP contribution in [0.4, 0.5) is 8.78 Å². The van der Waals surface area contributed by atoms with Gasteiger partial charge in [-0.3, -0.25) is 0 Å². The summed E-state index contributed by atoms with van der Waals surface area (Å²) in [7, 11) is 0. The molecule has 0 spiro atoms. The molecule has 1 aromatic heterocycles. The Bertz CT molecular complexity index is 452. The van der Waals surface area contributed by atoms with Gasteiger partial charge in [0.1, 0.15) is 11.6 Å². The van der Waals surface area contributed by atoms with E-state index in [2.05, 4.69) is 25.3 Å². The summed E-state index contributed by atoms with van der Waals surface area (Å²) in [6.07, 6.45) is 0. The van der Waals surface area contributed by atoms with E-state index in [0.29, 0.717) is 4.73 Å². The van der Waals surface area contributed by atoms with Gasteiger partial charge in [-0.15, -0.1) is 0 Å². The molecule has 0 aliphatic rings. The molecule has 0 radical (unpaired) electrons. The third kappa shape index (κ3) is 1.67. The zero-order valence-corrected chi connectivity index (χ0v) is 9.07. The first-order valence-corrected chi connectivity index (χ1v) is 5.18. The molecule has 0 fully saturated rings. The minimum Gasteiger partial charge on any atom is -0.208 e. The zero-order valence-electron chi connectivity index (χ0n) is 6.67. The lowest BCUT2D eigenvalue weighted by molar-refractivity contribution is 0.589. The zero-order chi connectivity index (χ0) is 10.1. The topological polar surface area (TPSA) is 25.8 Å². The van der Waals surface area contributed by atoms with Crippen molar-refractivity contribution in [3.63, 3.8) is 0 Å². The quantitative estimate of drug-likeness (QED) is 0.799. The first kappa shape index (κ1) is 9.67. The number of nitrogens with zero attached hydrogens (tertiary/aromatic N) is 2. The van der Waals surface area contributed by atoms with Gasteiger partial charge in [-0.25, -0.2) is 13.8 Å². The van der Waals surface area contributed by atoms with Gasteiger partial charge in [0.25, 0.3) is 0 Å². The van der Waals surface area contributed by atoms with Crippen LogP contribution in [-0.2, 0) is 0 Å². The molecule has 2 rings (SSSR count). The van der Waals surface area contributed by atoms with E-state index >= 15 is 0 Å². The van der Waals surface area contributed by atoms with Crippen molar-refractivity contribution >= 4 is 27.5 Å². The van der Waals surface area contributed by atoms with E-state index in [-0.39, 0.29) is 10.6 Å². The molecule has 0 unspecified atom stereocenters. The van der Waals surface area contributed by atoms with Crippen molar-refractivity contribution in [2.75, 3.05) is 0 Å². The van der Waals surface area contributed by atoms with Crippen LogP contribution in [0, 0.1) is 11.6 Å². The van der Waals surface area contributed by atoms with Crippen molar-refractivity contribution in [1.29, 1.82) is 0 Å². The maximum Gasteiger partial charge on any atom is 0.209 e. The maximum absolute atomic E-state index is 13.2. The monoisotopic (exact) mass is 276 g/mol. The predicted octanol–water partition coefficient (Wildman–Crippen LogP) is 3.25. The number of hydrogen-bond donors (Lipinski definition) is 0. The van der Waals surface area contributed by atoms with E-state index in [1.165, 1.54) is 18.2 Å². The highest BCUT2D eigenvalue weighted by Gasteiger charge is 2.14. The average molecular weight is 277 g/mol. The van der Waals surface area contributed by atoms with Gasteiger partial charge >= 0.3 is 0 Å². The number of halogens is 3. The summed E-state index contributed by atoms with van der Waals surface area (Å²) in [6.45, 7) is 0. The van der Waals surface area contributed by atoms with Crippen LogP contribution in [0.1, 0.15) is 0 Å². The van der Waals surface area contributed by atoms with Gasteiger partial charge in [0.2, 0.25) is 4.73 Å². The summed E-state index contributed by atoms with van der Waals surface area (Å²) < 4.78 is 30.6. The Kier molecular flexibility index (Phi) is 2.56. The molecular weight excluding hydrogens is 274 g/mol. The highest BCUT2D eigenvalue weighted by molar-refractivity contribution is 9.10. The van der Waals surface area contributed by atoms with Crippen molar-refractivity contribution < 1.29 is 8.78 Å². The van der Waals surface area contributed by atoms with Crippen molar-refractivity contribution in [2.24, 2.45) is 0 Å². The maximum atomic E-state index is 13.2. The normalized spacial score (nSPS) is 10.5. The fraction of sp³-hybridized carbons (Fsp3) is 0. The van der Waals surface area contributed by atoms with Crippen molar-refractivity contribution in [2.45, 2.75) is 0 Å². The Labute approximate surface area is 90.9 Å². The van der Waals surface area contributed by atoms with E-state index in [4.69, 9.17) is 0 Å². The molecule has 72 valence electrons. The molecule has 14 heavy (non-hydrogen) atoms. The summed E-state index contributed by atoms with van der Waals surface area (Å²) in [5.74, 6) is -1.26. The van der Waals surface area contributed by atoms with Crippen LogP contribution in [0.25, 0.3) is 10.6 Å². The fourth-order valence-electron chi connectivity index (χ4n) is 1.01. The van der Waals surface area contributed by atoms with Crippen molar-refractivity contribution in [3.05, 3.63) is 34.6 Å². The molecule has 1 aromatic carbocycles. The van der Waals surface area contributed by atoms with Crippen LogP contribution >= 0.6 is 27.5 Å². The van der Waals surface area contributed by atoms with E-state index in [0.717, 1.165) is 11.5 Å². The Balaban J connectivity index is 2.61. The van der Waals surface area contributed by atoms with Crippen LogP contribution < -0.4 is 0 Å². The van der Waals surface area contributed by atoms with Crippen LogP contribution in [0.5, 0.6) is 0 Å². The van der Waals surface area contributed by atoms with Crippen LogP contribution in [0.2, 0.25) is 0 Å². The lowest BCUT2D eigenvalue weighted by atomic mass is 10.2.